The summed E-state index contributed by atoms with van der Waals surface area (Å²) in [5.74, 6) is -0.523. The predicted octanol–water partition coefficient (Wildman–Crippen LogP) is 5.77. The lowest BCUT2D eigenvalue weighted by molar-refractivity contribution is 0.0444. The number of H-pyrrole nitrogens is 1. The van der Waals surface area contributed by atoms with E-state index in [9.17, 15) is 27.2 Å². The maximum atomic E-state index is 14.2. The van der Waals surface area contributed by atoms with Crippen molar-refractivity contribution in [3.8, 4) is 22.5 Å². The van der Waals surface area contributed by atoms with E-state index >= 15 is 0 Å². The number of rotatable bonds is 12. The number of aliphatic imine (C=N–C) groups is 1. The molecule has 5 rings (SSSR count). The number of benzene rings is 2. The van der Waals surface area contributed by atoms with Crippen molar-refractivity contribution >= 4 is 29.6 Å². The van der Waals surface area contributed by atoms with Crippen LogP contribution >= 0.6 is 11.6 Å². The summed E-state index contributed by atoms with van der Waals surface area (Å²) < 4.78 is 58.8. The number of nitrogens with two attached hydrogens (primary N) is 1. The topological polar surface area (TPSA) is 148 Å². The number of halogens is 5. The molecule has 17 heteroatoms. The highest BCUT2D eigenvalue weighted by atomic mass is 35.5. The third kappa shape index (κ3) is 7.88. The van der Waals surface area contributed by atoms with Crippen LogP contribution in [0.3, 0.4) is 0 Å². The number of hydrogen-bond acceptors (Lipinski definition) is 7. The molecule has 1 aliphatic carbocycles. The second kappa shape index (κ2) is 14.6. The van der Waals surface area contributed by atoms with Gasteiger partial charge in [0.1, 0.15) is 12.9 Å². The van der Waals surface area contributed by atoms with Crippen LogP contribution in [-0.2, 0) is 4.74 Å². The number of carbonyl (C=O) groups excluding carboxylic acids is 2. The number of nitrogens with zero attached hydrogens (tertiary/aromatic N) is 7. The lowest BCUT2D eigenvalue weighted by Gasteiger charge is -2.32. The van der Waals surface area contributed by atoms with Crippen molar-refractivity contribution in [2.24, 2.45) is 10.7 Å². The van der Waals surface area contributed by atoms with Crippen LogP contribution in [0.2, 0.25) is 5.02 Å². The van der Waals surface area contributed by atoms with Gasteiger partial charge in [0, 0.05) is 35.5 Å². The zero-order valence-electron chi connectivity index (χ0n) is 24.9. The molecule has 1 saturated carbocycles. The Balaban J connectivity index is 1.52. The molecule has 3 N–H and O–H groups in total. The van der Waals surface area contributed by atoms with Gasteiger partial charge in [-0.15, -0.1) is 0 Å². The molecule has 12 nitrogen and oxygen atoms in total. The first-order chi connectivity index (χ1) is 22.6. The number of aromatic amines is 1. The molecule has 2 amide bonds. The van der Waals surface area contributed by atoms with Crippen LogP contribution < -0.4 is 5.73 Å². The summed E-state index contributed by atoms with van der Waals surface area (Å²) in [5, 5.41) is 10.5. The monoisotopic (exact) mass is 675 g/mol. The molecule has 2 heterocycles. The minimum absolute atomic E-state index is 0.141. The van der Waals surface area contributed by atoms with Gasteiger partial charge in [-0.1, -0.05) is 29.8 Å². The van der Waals surface area contributed by atoms with E-state index in [-0.39, 0.29) is 24.1 Å². The van der Waals surface area contributed by atoms with Crippen molar-refractivity contribution in [2.75, 3.05) is 19.7 Å². The first-order valence-corrected chi connectivity index (χ1v) is 14.9. The van der Waals surface area contributed by atoms with Gasteiger partial charge in [0.2, 0.25) is 0 Å². The van der Waals surface area contributed by atoms with Crippen molar-refractivity contribution < 1.29 is 31.9 Å². The highest BCUT2D eigenvalue weighted by Crippen LogP contribution is 2.33. The third-order valence-corrected chi connectivity index (χ3v) is 7.66. The lowest BCUT2D eigenvalue weighted by Crippen LogP contribution is -2.47. The summed E-state index contributed by atoms with van der Waals surface area (Å²) in [6.07, 6.45) is 1.15. The summed E-state index contributed by atoms with van der Waals surface area (Å²) in [6.45, 7) is -2.19. The van der Waals surface area contributed by atoms with E-state index < -0.39 is 44.2 Å². The fraction of sp³-hybridized carbons (Fsp3) is 0.333. The zero-order chi connectivity index (χ0) is 33.7. The van der Waals surface area contributed by atoms with Gasteiger partial charge in [-0.2, -0.15) is 19.0 Å². The highest BCUT2D eigenvalue weighted by Gasteiger charge is 2.37. The largest absolute Gasteiger partial charge is 0.447 e. The first-order valence-electron chi connectivity index (χ1n) is 14.5. The van der Waals surface area contributed by atoms with Crippen LogP contribution in [-0.4, -0.2) is 84.9 Å². The van der Waals surface area contributed by atoms with Crippen LogP contribution in [0.1, 0.15) is 48.3 Å². The van der Waals surface area contributed by atoms with Crippen molar-refractivity contribution in [3.05, 3.63) is 77.3 Å². The average molecular weight is 676 g/mol. The normalized spacial score (nSPS) is 14.0. The van der Waals surface area contributed by atoms with Crippen LogP contribution in [0.25, 0.3) is 22.5 Å². The minimum Gasteiger partial charge on any atom is -0.447 e. The molecule has 1 fully saturated rings. The first kappa shape index (κ1) is 33.4. The second-order valence-electron chi connectivity index (χ2n) is 10.5. The standard InChI is InChI=1S/C30H30ClF4N9O3/c1-2-37-29(36)44(27(45)18-5-3-17(4-6-18)20-12-40-43(13-20)28(34)35)24(15-47-30(46)42(14-25(32)33)21-8-9-21)19-7-10-23(31)22(11-19)26-38-16-39-41-26/h3-7,10-13,16,21,24-25,28H,2,8-9,14-15H2,1H3,(H2,36,37)(H,38,39,41)/t24-/m1/s1. The smallest absolute Gasteiger partial charge is 0.410 e. The number of amides is 2. The van der Waals surface area contributed by atoms with Crippen molar-refractivity contribution in [3.63, 3.8) is 0 Å². The van der Waals surface area contributed by atoms with E-state index in [4.69, 9.17) is 22.1 Å². The Morgan fingerprint density at radius 2 is 1.89 bits per heavy atom. The van der Waals surface area contributed by atoms with Crippen molar-refractivity contribution in [2.45, 2.75) is 44.8 Å². The van der Waals surface area contributed by atoms with Crippen molar-refractivity contribution in [1.29, 1.82) is 0 Å². The Hall–Kier alpha value is -4.99. The molecular weight excluding hydrogens is 646 g/mol. The molecule has 0 spiro atoms. The summed E-state index contributed by atoms with van der Waals surface area (Å²) in [7, 11) is 0. The van der Waals surface area contributed by atoms with Gasteiger partial charge >= 0.3 is 12.6 Å². The Bertz CT molecular complexity index is 1710. The SMILES string of the molecule is CCN=C(N)N(C(=O)c1ccc(-c2cnn(C(F)F)c2)cc1)[C@H](COC(=O)N(CC(F)F)C1CC1)c1ccc(Cl)c(-c2ncn[nH]2)c1. The molecule has 0 aliphatic heterocycles. The Morgan fingerprint density at radius 3 is 2.49 bits per heavy atom. The molecule has 1 aliphatic rings. The Kier molecular flexibility index (Phi) is 10.4. The minimum atomic E-state index is -2.81. The summed E-state index contributed by atoms with van der Waals surface area (Å²) >= 11 is 6.46. The fourth-order valence-corrected chi connectivity index (χ4v) is 5.12. The van der Waals surface area contributed by atoms with E-state index in [1.807, 2.05) is 0 Å². The molecule has 2 aromatic carbocycles. The number of hydrogen-bond donors (Lipinski definition) is 2. The van der Waals surface area contributed by atoms with E-state index in [0.717, 1.165) is 9.80 Å². The van der Waals surface area contributed by atoms with E-state index in [1.165, 1.54) is 30.9 Å². The maximum absolute atomic E-state index is 14.2. The molecule has 0 radical (unpaired) electrons. The molecule has 47 heavy (non-hydrogen) atoms. The van der Waals surface area contributed by atoms with E-state index in [2.05, 4.69) is 25.3 Å². The molecule has 0 unspecified atom stereocenters. The second-order valence-corrected chi connectivity index (χ2v) is 10.9. The van der Waals surface area contributed by atoms with Crippen LogP contribution in [0.5, 0.6) is 0 Å². The molecule has 1 atom stereocenters. The lowest BCUT2D eigenvalue weighted by atomic mass is 10.0. The third-order valence-electron chi connectivity index (χ3n) is 7.33. The molecule has 0 bridgehead atoms. The van der Waals surface area contributed by atoms with Crippen molar-refractivity contribution in [1.82, 2.24) is 34.8 Å². The van der Waals surface area contributed by atoms with Gasteiger partial charge in [0.15, 0.2) is 11.8 Å². The summed E-state index contributed by atoms with van der Waals surface area (Å²) in [4.78, 5) is 37.8. The van der Waals surface area contributed by atoms with Gasteiger partial charge in [-0.3, -0.25) is 24.7 Å². The fourth-order valence-electron chi connectivity index (χ4n) is 4.91. The summed E-state index contributed by atoms with van der Waals surface area (Å²) in [6, 6.07) is 9.37. The van der Waals surface area contributed by atoms with Crippen LogP contribution in [0, 0.1) is 0 Å². The van der Waals surface area contributed by atoms with Gasteiger partial charge in [0.25, 0.3) is 12.3 Å². The highest BCUT2D eigenvalue weighted by molar-refractivity contribution is 6.33. The number of ether oxygens (including phenoxy) is 1. The molecular formula is C30H30ClF4N9O3. The van der Waals surface area contributed by atoms with Gasteiger partial charge in [-0.05, 0) is 55.2 Å². The molecule has 248 valence electrons. The number of guanidine groups is 1. The zero-order valence-corrected chi connectivity index (χ0v) is 25.7. The number of aromatic nitrogens is 5. The van der Waals surface area contributed by atoms with Gasteiger partial charge in [-0.25, -0.2) is 23.2 Å². The van der Waals surface area contributed by atoms with Gasteiger partial charge in [0.05, 0.1) is 23.8 Å². The number of nitrogens with one attached hydrogen (secondary N) is 1. The maximum Gasteiger partial charge on any atom is 0.410 e. The van der Waals surface area contributed by atoms with Crippen LogP contribution in [0.15, 0.2) is 66.2 Å². The molecule has 4 aromatic rings. The van der Waals surface area contributed by atoms with Crippen LogP contribution in [0.4, 0.5) is 22.4 Å². The number of alkyl halides is 4. The van der Waals surface area contributed by atoms with E-state index in [0.29, 0.717) is 50.6 Å². The molecule has 0 saturated heterocycles. The average Bonchev–Trinajstić information content (AvgIpc) is 3.50. The number of carbonyl (C=O) groups is 2. The molecule has 2 aromatic heterocycles. The summed E-state index contributed by atoms with van der Waals surface area (Å²) in [5.41, 5.74) is 8.27. The van der Waals surface area contributed by atoms with E-state index in [1.54, 1.807) is 37.3 Å². The predicted molar refractivity (Wildman–Crippen MR) is 164 cm³/mol. The Labute approximate surface area is 271 Å². The Morgan fingerprint density at radius 1 is 1.15 bits per heavy atom. The quantitative estimate of drug-likeness (QED) is 0.110. The van der Waals surface area contributed by atoms with Gasteiger partial charge < -0.3 is 10.5 Å².